The maximum absolute atomic E-state index is 14.1. The molecule has 0 aromatic heterocycles. The molecule has 2 aliphatic rings. The van der Waals surface area contributed by atoms with E-state index in [0.29, 0.717) is 16.8 Å². The third-order valence-electron chi connectivity index (χ3n) is 4.94. The second-order valence-corrected chi connectivity index (χ2v) is 8.81. The van der Waals surface area contributed by atoms with Crippen molar-refractivity contribution < 1.29 is 22.4 Å². The number of fused-ring (bicyclic) bond motifs is 2. The minimum atomic E-state index is -3.46. The van der Waals surface area contributed by atoms with Crippen LogP contribution in [0.3, 0.4) is 0 Å². The summed E-state index contributed by atoms with van der Waals surface area (Å²) in [4.78, 5) is 27.1. The summed E-state index contributed by atoms with van der Waals surface area (Å²) in [5, 5.41) is 2.73. The van der Waals surface area contributed by atoms with Crippen molar-refractivity contribution in [3.8, 4) is 11.1 Å². The Morgan fingerprint density at radius 2 is 1.89 bits per heavy atom. The molecule has 28 heavy (non-hydrogen) atoms. The fourth-order valence-corrected chi connectivity index (χ4v) is 4.54. The summed E-state index contributed by atoms with van der Waals surface area (Å²) < 4.78 is 39.6. The van der Waals surface area contributed by atoms with Crippen LogP contribution in [-0.2, 0) is 14.8 Å². The lowest BCUT2D eigenvalue weighted by molar-refractivity contribution is -0.119. The van der Waals surface area contributed by atoms with Crippen LogP contribution in [0, 0.1) is 5.82 Å². The molecule has 7 nitrogen and oxygen atoms in total. The van der Waals surface area contributed by atoms with Gasteiger partial charge in [-0.15, -0.1) is 0 Å². The lowest BCUT2D eigenvalue weighted by atomic mass is 10.0. The van der Waals surface area contributed by atoms with E-state index >= 15 is 0 Å². The maximum atomic E-state index is 14.1. The zero-order chi connectivity index (χ0) is 20.1. The van der Waals surface area contributed by atoms with Gasteiger partial charge in [-0.1, -0.05) is 24.3 Å². The van der Waals surface area contributed by atoms with Crippen LogP contribution < -0.4 is 10.0 Å². The minimum absolute atomic E-state index is 0.0906. The Morgan fingerprint density at radius 1 is 1.14 bits per heavy atom. The van der Waals surface area contributed by atoms with Crippen molar-refractivity contribution in [2.75, 3.05) is 18.1 Å². The molecule has 2 heterocycles. The van der Waals surface area contributed by atoms with Crippen molar-refractivity contribution in [1.82, 2.24) is 9.62 Å². The van der Waals surface area contributed by atoms with E-state index in [-0.39, 0.29) is 24.4 Å². The van der Waals surface area contributed by atoms with Gasteiger partial charge >= 0.3 is 0 Å². The molecule has 4 rings (SSSR count). The normalized spacial score (nSPS) is 21.7. The highest BCUT2D eigenvalue weighted by Gasteiger charge is 2.43. The Kier molecular flexibility index (Phi) is 4.43. The highest BCUT2D eigenvalue weighted by molar-refractivity contribution is 7.88. The van der Waals surface area contributed by atoms with Crippen molar-refractivity contribution in [1.29, 1.82) is 0 Å². The van der Waals surface area contributed by atoms with Gasteiger partial charge in [-0.25, -0.2) is 17.5 Å². The Labute approximate surface area is 161 Å². The number of rotatable bonds is 3. The van der Waals surface area contributed by atoms with E-state index in [1.807, 2.05) is 0 Å². The quantitative estimate of drug-likeness (QED) is 0.813. The highest BCUT2D eigenvalue weighted by Crippen LogP contribution is 2.33. The number of nitrogens with zero attached hydrogens (tertiary/aromatic N) is 1. The average Bonchev–Trinajstić information content (AvgIpc) is 3.00. The monoisotopic (exact) mass is 403 g/mol. The second-order valence-electron chi connectivity index (χ2n) is 7.03. The molecule has 0 unspecified atom stereocenters. The molecule has 0 saturated carbocycles. The van der Waals surface area contributed by atoms with E-state index in [2.05, 4.69) is 10.0 Å². The third kappa shape index (κ3) is 3.38. The van der Waals surface area contributed by atoms with Crippen LogP contribution in [-0.4, -0.2) is 50.0 Å². The Morgan fingerprint density at radius 3 is 2.61 bits per heavy atom. The molecule has 2 atom stereocenters. The molecule has 1 fully saturated rings. The zero-order valence-electron chi connectivity index (χ0n) is 15.0. The van der Waals surface area contributed by atoms with Gasteiger partial charge in [0.05, 0.1) is 17.5 Å². The molecule has 0 spiro atoms. The lowest BCUT2D eigenvalue weighted by Gasteiger charge is -2.20. The van der Waals surface area contributed by atoms with Gasteiger partial charge in [-0.05, 0) is 30.2 Å². The first-order valence-corrected chi connectivity index (χ1v) is 10.6. The van der Waals surface area contributed by atoms with Crippen molar-refractivity contribution >= 4 is 27.5 Å². The van der Waals surface area contributed by atoms with E-state index in [1.165, 1.54) is 11.0 Å². The van der Waals surface area contributed by atoms with E-state index in [0.717, 1.165) is 6.26 Å². The zero-order valence-corrected chi connectivity index (χ0v) is 15.8. The molecule has 0 radical (unpaired) electrons. The van der Waals surface area contributed by atoms with Crippen LogP contribution in [0.1, 0.15) is 16.8 Å². The van der Waals surface area contributed by atoms with Crippen LogP contribution in [0.5, 0.6) is 0 Å². The van der Waals surface area contributed by atoms with Gasteiger partial charge in [0, 0.05) is 18.2 Å². The number of halogens is 1. The van der Waals surface area contributed by atoms with Crippen LogP contribution >= 0.6 is 0 Å². The summed E-state index contributed by atoms with van der Waals surface area (Å²) in [5.41, 5.74) is 1.47. The number of carbonyl (C=O) groups excluding carboxylic acids is 2. The molecule has 2 amide bonds. The van der Waals surface area contributed by atoms with Gasteiger partial charge in [0.2, 0.25) is 15.9 Å². The van der Waals surface area contributed by atoms with Crippen molar-refractivity contribution in [2.45, 2.75) is 18.5 Å². The van der Waals surface area contributed by atoms with E-state index in [1.54, 1.807) is 36.4 Å². The second kappa shape index (κ2) is 6.68. The summed E-state index contributed by atoms with van der Waals surface area (Å²) in [5.74, 6) is -1.18. The number of nitrogens with one attached hydrogen (secondary N) is 2. The summed E-state index contributed by atoms with van der Waals surface area (Å²) in [7, 11) is -3.46. The standard InChI is InChI=1S/C19H18FN3O4S/c1-28(26,27)22-12-9-17-18(24)21-16-7-6-11(13-4-2-3-5-15(13)20)8-14(16)19(25)23(17)10-12/h2-8,12,17,22H,9-10H2,1H3,(H,21,24)/t12-,17-/m0/s1. The maximum Gasteiger partial charge on any atom is 0.256 e. The smallest absolute Gasteiger partial charge is 0.256 e. The summed E-state index contributed by atoms with van der Waals surface area (Å²) >= 11 is 0. The van der Waals surface area contributed by atoms with E-state index in [9.17, 15) is 22.4 Å². The Bertz CT molecular complexity index is 1090. The average molecular weight is 403 g/mol. The molecule has 2 aliphatic heterocycles. The van der Waals surface area contributed by atoms with Gasteiger partial charge in [-0.2, -0.15) is 0 Å². The van der Waals surface area contributed by atoms with E-state index in [4.69, 9.17) is 0 Å². The number of benzene rings is 2. The lowest BCUT2D eigenvalue weighted by Crippen LogP contribution is -2.41. The van der Waals surface area contributed by atoms with Gasteiger partial charge in [0.25, 0.3) is 5.91 Å². The van der Waals surface area contributed by atoms with Crippen LogP contribution in [0.25, 0.3) is 11.1 Å². The van der Waals surface area contributed by atoms with Gasteiger partial charge < -0.3 is 10.2 Å². The molecule has 2 N–H and O–H groups in total. The number of sulfonamides is 1. The highest BCUT2D eigenvalue weighted by atomic mass is 32.2. The van der Waals surface area contributed by atoms with Gasteiger partial charge in [0.1, 0.15) is 11.9 Å². The van der Waals surface area contributed by atoms with Crippen molar-refractivity contribution in [3.63, 3.8) is 0 Å². The third-order valence-corrected chi connectivity index (χ3v) is 5.70. The SMILES string of the molecule is CS(=O)(=O)N[C@H]1C[C@H]2C(=O)Nc3ccc(-c4ccccc4F)cc3C(=O)N2C1. The fourth-order valence-electron chi connectivity index (χ4n) is 3.76. The fraction of sp³-hybridized carbons (Fsp3) is 0.263. The van der Waals surface area contributed by atoms with Crippen LogP contribution in [0.2, 0.25) is 0 Å². The minimum Gasteiger partial charge on any atom is -0.325 e. The number of anilines is 1. The molecule has 0 aliphatic carbocycles. The first-order chi connectivity index (χ1) is 13.2. The Hall–Kier alpha value is -2.78. The molecular formula is C19H18FN3O4S. The first kappa shape index (κ1) is 18.6. The topological polar surface area (TPSA) is 95.6 Å². The number of hydrogen-bond acceptors (Lipinski definition) is 4. The molecule has 146 valence electrons. The van der Waals surface area contributed by atoms with Gasteiger partial charge in [-0.3, -0.25) is 9.59 Å². The number of amides is 2. The van der Waals surface area contributed by atoms with E-state index < -0.39 is 33.8 Å². The summed E-state index contributed by atoms with van der Waals surface area (Å²) in [6, 6.07) is 9.71. The molecule has 0 bridgehead atoms. The number of carbonyl (C=O) groups is 2. The number of hydrogen-bond donors (Lipinski definition) is 2. The van der Waals surface area contributed by atoms with Gasteiger partial charge in [0.15, 0.2) is 0 Å². The molecule has 2 aromatic carbocycles. The van der Waals surface area contributed by atoms with Crippen molar-refractivity contribution in [2.24, 2.45) is 0 Å². The molecule has 1 saturated heterocycles. The summed E-state index contributed by atoms with van der Waals surface area (Å²) in [6.45, 7) is 0.0906. The molecular weight excluding hydrogens is 385 g/mol. The first-order valence-electron chi connectivity index (χ1n) is 8.71. The van der Waals surface area contributed by atoms with Crippen LogP contribution in [0.15, 0.2) is 42.5 Å². The predicted octanol–water partition coefficient (Wildman–Crippen LogP) is 1.58. The Balaban J connectivity index is 1.71. The van der Waals surface area contributed by atoms with Crippen molar-refractivity contribution in [3.05, 3.63) is 53.8 Å². The molecule has 9 heteroatoms. The van der Waals surface area contributed by atoms with Crippen LogP contribution in [0.4, 0.5) is 10.1 Å². The molecule has 2 aromatic rings. The summed E-state index contributed by atoms with van der Waals surface area (Å²) in [6.07, 6.45) is 1.23. The predicted molar refractivity (Wildman–Crippen MR) is 102 cm³/mol. The largest absolute Gasteiger partial charge is 0.325 e.